The number of H-pyrrole nitrogens is 1. The third-order valence-electron chi connectivity index (χ3n) is 4.03. The number of nitrogens with one attached hydrogen (secondary N) is 2. The number of carbonyl (C=O) groups is 1. The zero-order valence-electron chi connectivity index (χ0n) is 12.8. The Morgan fingerprint density at radius 2 is 1.91 bits per heavy atom. The Kier molecular flexibility index (Phi) is 3.67. The third-order valence-corrected chi connectivity index (χ3v) is 4.03. The van der Waals surface area contributed by atoms with E-state index in [1.54, 1.807) is 12.4 Å². The summed E-state index contributed by atoms with van der Waals surface area (Å²) in [5.74, 6) is 0.00839. The molecule has 4 nitrogen and oxygen atoms in total. The first-order chi connectivity index (χ1) is 10.6. The zero-order valence-corrected chi connectivity index (χ0v) is 12.8. The van der Waals surface area contributed by atoms with E-state index in [2.05, 4.69) is 15.3 Å². The van der Waals surface area contributed by atoms with Crippen molar-refractivity contribution in [1.82, 2.24) is 15.3 Å². The van der Waals surface area contributed by atoms with Gasteiger partial charge in [-0.3, -0.25) is 9.78 Å². The van der Waals surface area contributed by atoms with Crippen molar-refractivity contribution in [2.24, 2.45) is 0 Å². The van der Waals surface area contributed by atoms with E-state index in [4.69, 9.17) is 0 Å². The van der Waals surface area contributed by atoms with Gasteiger partial charge in [0.25, 0.3) is 0 Å². The van der Waals surface area contributed by atoms with E-state index in [0.29, 0.717) is 6.54 Å². The maximum atomic E-state index is 12.6. The maximum absolute atomic E-state index is 12.6. The molecule has 3 aromatic rings. The standard InChI is InChI=1S/C18H19N3O/c1-18(2,15-12-20-16-6-4-3-5-14(15)16)17(22)21-11-13-7-9-19-10-8-13/h3-10,12,20H,11H2,1-2H3,(H,21,22). The van der Waals surface area contributed by atoms with Crippen LogP contribution in [-0.2, 0) is 16.8 Å². The van der Waals surface area contributed by atoms with Crippen molar-refractivity contribution in [3.8, 4) is 0 Å². The summed E-state index contributed by atoms with van der Waals surface area (Å²) >= 11 is 0. The van der Waals surface area contributed by atoms with Crippen LogP contribution in [0.3, 0.4) is 0 Å². The van der Waals surface area contributed by atoms with Gasteiger partial charge in [0, 0.05) is 36.0 Å². The van der Waals surface area contributed by atoms with E-state index in [1.165, 1.54) is 0 Å². The first-order valence-electron chi connectivity index (χ1n) is 7.33. The first kappa shape index (κ1) is 14.3. The van der Waals surface area contributed by atoms with Crippen molar-refractivity contribution < 1.29 is 4.79 Å². The van der Waals surface area contributed by atoms with E-state index in [0.717, 1.165) is 22.0 Å². The predicted molar refractivity (Wildman–Crippen MR) is 87.4 cm³/mol. The second kappa shape index (κ2) is 5.64. The van der Waals surface area contributed by atoms with E-state index < -0.39 is 5.41 Å². The summed E-state index contributed by atoms with van der Waals surface area (Å²) in [6.45, 7) is 4.40. The minimum atomic E-state index is -0.605. The largest absolute Gasteiger partial charge is 0.361 e. The van der Waals surface area contributed by atoms with Gasteiger partial charge in [-0.2, -0.15) is 0 Å². The second-order valence-corrected chi connectivity index (χ2v) is 5.91. The number of benzene rings is 1. The van der Waals surface area contributed by atoms with E-state index >= 15 is 0 Å². The molecule has 2 heterocycles. The van der Waals surface area contributed by atoms with Crippen LogP contribution in [0.15, 0.2) is 55.0 Å². The smallest absolute Gasteiger partial charge is 0.230 e. The van der Waals surface area contributed by atoms with Crippen LogP contribution >= 0.6 is 0 Å². The van der Waals surface area contributed by atoms with Crippen molar-refractivity contribution in [2.45, 2.75) is 25.8 Å². The number of nitrogens with zero attached hydrogens (tertiary/aromatic N) is 1. The second-order valence-electron chi connectivity index (χ2n) is 5.91. The van der Waals surface area contributed by atoms with Gasteiger partial charge in [0.05, 0.1) is 5.41 Å². The summed E-state index contributed by atoms with van der Waals surface area (Å²) in [5.41, 5.74) is 2.49. The Labute approximate surface area is 129 Å². The molecule has 0 saturated heterocycles. The fraction of sp³-hybridized carbons (Fsp3) is 0.222. The van der Waals surface area contributed by atoms with E-state index in [1.807, 2.05) is 56.4 Å². The van der Waals surface area contributed by atoms with Gasteiger partial charge in [0.15, 0.2) is 0 Å². The van der Waals surface area contributed by atoms with Gasteiger partial charge in [0.2, 0.25) is 5.91 Å². The molecule has 1 amide bonds. The van der Waals surface area contributed by atoms with Crippen molar-refractivity contribution in [3.05, 3.63) is 66.1 Å². The highest BCUT2D eigenvalue weighted by molar-refractivity contribution is 5.94. The number of aromatic nitrogens is 2. The van der Waals surface area contributed by atoms with E-state index in [9.17, 15) is 4.79 Å². The molecule has 0 atom stereocenters. The van der Waals surface area contributed by atoms with Crippen molar-refractivity contribution in [2.75, 3.05) is 0 Å². The van der Waals surface area contributed by atoms with Crippen LogP contribution in [0.1, 0.15) is 25.0 Å². The molecule has 2 aromatic heterocycles. The monoisotopic (exact) mass is 293 g/mol. The summed E-state index contributed by atoms with van der Waals surface area (Å²) in [6, 6.07) is 11.8. The van der Waals surface area contributed by atoms with Crippen LogP contribution in [0.5, 0.6) is 0 Å². The van der Waals surface area contributed by atoms with Gasteiger partial charge in [-0.05, 0) is 43.2 Å². The Morgan fingerprint density at radius 3 is 2.68 bits per heavy atom. The first-order valence-corrected chi connectivity index (χ1v) is 7.33. The van der Waals surface area contributed by atoms with Gasteiger partial charge in [-0.25, -0.2) is 0 Å². The quantitative estimate of drug-likeness (QED) is 0.776. The highest BCUT2D eigenvalue weighted by Gasteiger charge is 2.31. The number of amides is 1. The van der Waals surface area contributed by atoms with Crippen LogP contribution < -0.4 is 5.32 Å². The molecule has 2 N–H and O–H groups in total. The van der Waals surface area contributed by atoms with E-state index in [-0.39, 0.29) is 5.91 Å². The summed E-state index contributed by atoms with van der Waals surface area (Å²) in [7, 11) is 0. The average molecular weight is 293 g/mol. The van der Waals surface area contributed by atoms with Crippen LogP contribution in [0.4, 0.5) is 0 Å². The minimum absolute atomic E-state index is 0.00839. The van der Waals surface area contributed by atoms with Gasteiger partial charge in [0.1, 0.15) is 0 Å². The molecule has 4 heteroatoms. The van der Waals surface area contributed by atoms with Gasteiger partial charge in [-0.1, -0.05) is 18.2 Å². The topological polar surface area (TPSA) is 57.8 Å². The number of fused-ring (bicyclic) bond motifs is 1. The molecule has 0 radical (unpaired) electrons. The predicted octanol–water partition coefficient (Wildman–Crippen LogP) is 3.16. The van der Waals surface area contributed by atoms with Crippen molar-refractivity contribution in [3.63, 3.8) is 0 Å². The molecule has 0 spiro atoms. The lowest BCUT2D eigenvalue weighted by Gasteiger charge is -2.23. The Bertz CT molecular complexity index is 790. The number of hydrogen-bond donors (Lipinski definition) is 2. The van der Waals surface area contributed by atoms with Crippen LogP contribution in [0, 0.1) is 0 Å². The minimum Gasteiger partial charge on any atom is -0.361 e. The fourth-order valence-electron chi connectivity index (χ4n) is 2.61. The number of pyridine rings is 1. The molecule has 1 aromatic carbocycles. The Hall–Kier alpha value is -2.62. The molecule has 0 aliphatic heterocycles. The Morgan fingerprint density at radius 1 is 1.18 bits per heavy atom. The normalized spacial score (nSPS) is 11.5. The lowest BCUT2D eigenvalue weighted by molar-refractivity contribution is -0.125. The fourth-order valence-corrected chi connectivity index (χ4v) is 2.61. The molecular formula is C18H19N3O. The third kappa shape index (κ3) is 2.60. The lowest BCUT2D eigenvalue weighted by atomic mass is 9.83. The highest BCUT2D eigenvalue weighted by Crippen LogP contribution is 2.30. The van der Waals surface area contributed by atoms with Gasteiger partial charge < -0.3 is 10.3 Å². The highest BCUT2D eigenvalue weighted by atomic mass is 16.2. The molecule has 0 bridgehead atoms. The van der Waals surface area contributed by atoms with Crippen molar-refractivity contribution in [1.29, 1.82) is 0 Å². The molecule has 22 heavy (non-hydrogen) atoms. The lowest BCUT2D eigenvalue weighted by Crippen LogP contribution is -2.39. The van der Waals surface area contributed by atoms with Gasteiger partial charge in [-0.15, -0.1) is 0 Å². The molecule has 0 unspecified atom stereocenters. The van der Waals surface area contributed by atoms with Gasteiger partial charge >= 0.3 is 0 Å². The molecule has 0 aliphatic rings. The zero-order chi connectivity index (χ0) is 15.6. The average Bonchev–Trinajstić information content (AvgIpc) is 2.98. The Balaban J connectivity index is 1.81. The van der Waals surface area contributed by atoms with Crippen LogP contribution in [0.2, 0.25) is 0 Å². The van der Waals surface area contributed by atoms with Crippen molar-refractivity contribution >= 4 is 16.8 Å². The SMILES string of the molecule is CC(C)(C(=O)NCc1ccncc1)c1c[nH]c2ccccc12. The summed E-state index contributed by atoms with van der Waals surface area (Å²) in [5, 5.41) is 4.10. The van der Waals surface area contributed by atoms with Crippen LogP contribution in [0.25, 0.3) is 10.9 Å². The number of para-hydroxylation sites is 1. The summed E-state index contributed by atoms with van der Waals surface area (Å²) in [6.07, 6.45) is 5.38. The number of carbonyl (C=O) groups excluding carboxylic acids is 1. The summed E-state index contributed by atoms with van der Waals surface area (Å²) < 4.78 is 0. The molecule has 0 saturated carbocycles. The number of rotatable bonds is 4. The molecule has 112 valence electrons. The maximum Gasteiger partial charge on any atom is 0.230 e. The molecule has 3 rings (SSSR count). The molecule has 0 fully saturated rings. The molecule has 0 aliphatic carbocycles. The van der Waals surface area contributed by atoms with Crippen LogP contribution in [-0.4, -0.2) is 15.9 Å². The number of hydrogen-bond acceptors (Lipinski definition) is 2. The number of aromatic amines is 1. The summed E-state index contributed by atoms with van der Waals surface area (Å²) in [4.78, 5) is 19.9. The molecular weight excluding hydrogens is 274 g/mol.